The van der Waals surface area contributed by atoms with Gasteiger partial charge < -0.3 is 15.7 Å². The highest BCUT2D eigenvalue weighted by Gasteiger charge is 2.55. The van der Waals surface area contributed by atoms with Crippen LogP contribution in [0.2, 0.25) is 0 Å². The third-order valence-corrected chi connectivity index (χ3v) is 6.68. The predicted octanol–water partition coefficient (Wildman–Crippen LogP) is 3.83. The summed E-state index contributed by atoms with van der Waals surface area (Å²) in [6, 6.07) is 12.4. The number of carboxylic acids is 1. The lowest BCUT2D eigenvalue weighted by Crippen LogP contribution is -2.42. The van der Waals surface area contributed by atoms with Gasteiger partial charge in [-0.05, 0) is 29.3 Å². The van der Waals surface area contributed by atoms with E-state index >= 15 is 0 Å². The van der Waals surface area contributed by atoms with Gasteiger partial charge in [0.05, 0.1) is 17.0 Å². The minimum atomic E-state index is -1.29. The molecule has 0 unspecified atom stereocenters. The summed E-state index contributed by atoms with van der Waals surface area (Å²) in [5, 5.41) is 15.4. The van der Waals surface area contributed by atoms with E-state index in [4.69, 9.17) is 0 Å². The first-order valence-electron chi connectivity index (χ1n) is 8.79. The van der Waals surface area contributed by atoms with Crippen LogP contribution in [0.25, 0.3) is 11.1 Å². The van der Waals surface area contributed by atoms with Crippen LogP contribution >= 0.6 is 11.3 Å². The van der Waals surface area contributed by atoms with Crippen LogP contribution in [-0.4, -0.2) is 22.9 Å². The van der Waals surface area contributed by atoms with Gasteiger partial charge in [0.1, 0.15) is 16.1 Å². The zero-order valence-corrected chi connectivity index (χ0v) is 15.6. The van der Waals surface area contributed by atoms with E-state index in [-0.39, 0.29) is 28.7 Å². The Bertz CT molecular complexity index is 1220. The molecule has 0 aliphatic carbocycles. The number of hydrogen-bond acceptors (Lipinski definition) is 4. The highest BCUT2D eigenvalue weighted by molar-refractivity contribution is 7.15. The number of amides is 2. The van der Waals surface area contributed by atoms with E-state index in [1.807, 2.05) is 0 Å². The van der Waals surface area contributed by atoms with E-state index in [0.717, 1.165) is 11.3 Å². The molecule has 2 aliphatic rings. The zero-order valence-electron chi connectivity index (χ0n) is 14.8. The second kappa shape index (κ2) is 5.99. The van der Waals surface area contributed by atoms with Crippen molar-refractivity contribution in [3.63, 3.8) is 0 Å². The fourth-order valence-electron chi connectivity index (χ4n) is 4.11. The lowest BCUT2D eigenvalue weighted by Gasteiger charge is -2.31. The molecule has 8 heteroatoms. The van der Waals surface area contributed by atoms with Crippen molar-refractivity contribution in [3.8, 4) is 11.1 Å². The number of thiophene rings is 1. The number of carbonyl (C=O) groups is 3. The van der Waals surface area contributed by atoms with Gasteiger partial charge in [0, 0.05) is 11.3 Å². The van der Waals surface area contributed by atoms with Crippen LogP contribution in [0.1, 0.15) is 26.5 Å². The number of aromatic carboxylic acids is 1. The fraction of sp³-hybridized carbons (Fsp3) is 0.0952. The van der Waals surface area contributed by atoms with Crippen LogP contribution < -0.4 is 10.6 Å². The molecule has 2 amide bonds. The molecule has 0 saturated heterocycles. The number of para-hydroxylation sites is 1. The van der Waals surface area contributed by atoms with Crippen molar-refractivity contribution in [2.75, 3.05) is 10.6 Å². The number of rotatable bonds is 2. The molecule has 1 aromatic heterocycles. The van der Waals surface area contributed by atoms with Gasteiger partial charge in [-0.2, -0.15) is 0 Å². The van der Waals surface area contributed by atoms with E-state index in [9.17, 15) is 23.9 Å². The normalized spacial score (nSPS) is 19.5. The van der Waals surface area contributed by atoms with E-state index in [1.165, 1.54) is 24.3 Å². The van der Waals surface area contributed by atoms with Crippen molar-refractivity contribution in [1.29, 1.82) is 0 Å². The summed E-state index contributed by atoms with van der Waals surface area (Å²) in [5.74, 6) is -2.39. The van der Waals surface area contributed by atoms with Crippen molar-refractivity contribution in [2.24, 2.45) is 0 Å². The Kier molecular flexibility index (Phi) is 3.63. The van der Waals surface area contributed by atoms with Crippen molar-refractivity contribution >= 4 is 40.5 Å². The van der Waals surface area contributed by atoms with Crippen LogP contribution in [0.15, 0.2) is 48.5 Å². The maximum atomic E-state index is 13.4. The lowest BCUT2D eigenvalue weighted by molar-refractivity contribution is -0.125. The Morgan fingerprint density at radius 2 is 1.79 bits per heavy atom. The summed E-state index contributed by atoms with van der Waals surface area (Å²) in [4.78, 5) is 38.2. The molecule has 1 atom stereocenters. The number of anilines is 2. The molecular weight excluding hydrogens is 395 g/mol. The summed E-state index contributed by atoms with van der Waals surface area (Å²) in [6.45, 7) is 0. The number of benzene rings is 2. The summed E-state index contributed by atoms with van der Waals surface area (Å²) in [6.07, 6.45) is -0.120. The zero-order chi connectivity index (χ0) is 20.3. The highest BCUT2D eigenvalue weighted by atomic mass is 32.1. The molecule has 3 heterocycles. The monoisotopic (exact) mass is 408 g/mol. The average molecular weight is 408 g/mol. The Morgan fingerprint density at radius 3 is 2.52 bits per heavy atom. The molecule has 3 aromatic rings. The molecule has 6 nitrogen and oxygen atoms in total. The first kappa shape index (κ1) is 17.6. The third kappa shape index (κ3) is 2.35. The molecule has 0 radical (unpaired) electrons. The molecule has 2 aliphatic heterocycles. The molecular formula is C21H13FN2O4S. The van der Waals surface area contributed by atoms with Crippen LogP contribution in [0, 0.1) is 5.82 Å². The topological polar surface area (TPSA) is 95.5 Å². The molecule has 29 heavy (non-hydrogen) atoms. The van der Waals surface area contributed by atoms with Gasteiger partial charge in [0.2, 0.25) is 11.8 Å². The molecule has 5 rings (SSSR count). The maximum Gasteiger partial charge on any atom is 0.346 e. The summed E-state index contributed by atoms with van der Waals surface area (Å²) in [7, 11) is 0. The summed E-state index contributed by atoms with van der Waals surface area (Å²) < 4.78 is 13.4. The predicted molar refractivity (Wildman–Crippen MR) is 106 cm³/mol. The Hall–Kier alpha value is -3.52. The van der Waals surface area contributed by atoms with Crippen LogP contribution in [0.5, 0.6) is 0 Å². The van der Waals surface area contributed by atoms with E-state index in [1.54, 1.807) is 24.3 Å². The molecule has 144 valence electrons. The van der Waals surface area contributed by atoms with Crippen LogP contribution in [0.3, 0.4) is 0 Å². The SMILES string of the molecule is O=C1C[C@]2(C(=O)Nc3ccccc32)c2sc(C(=O)O)c(-c3ccc(F)cc3)c2N1. The number of halogens is 1. The van der Waals surface area contributed by atoms with E-state index in [2.05, 4.69) is 10.6 Å². The standard InChI is InChI=1S/C21H13FN2O4S/c22-11-7-5-10(6-8-11)15-16-18(29-17(15)19(26)27)21(9-14(25)24-16)12-3-1-2-4-13(12)23-20(21)28/h1-8H,9H2,(H,23,28)(H,24,25)(H,26,27)/t21-/m1/s1. The van der Waals surface area contributed by atoms with Crippen molar-refractivity contribution in [1.82, 2.24) is 0 Å². The number of carboxylic acid groups (broad SMARTS) is 1. The fourth-order valence-corrected chi connectivity index (χ4v) is 5.43. The second-order valence-electron chi connectivity index (χ2n) is 6.95. The van der Waals surface area contributed by atoms with E-state index in [0.29, 0.717) is 27.4 Å². The van der Waals surface area contributed by atoms with Crippen molar-refractivity contribution in [3.05, 3.63) is 69.7 Å². The van der Waals surface area contributed by atoms with Crippen LogP contribution in [-0.2, 0) is 15.0 Å². The molecule has 3 N–H and O–H groups in total. The first-order valence-corrected chi connectivity index (χ1v) is 9.61. The average Bonchev–Trinajstić information content (AvgIpc) is 3.20. The number of carbonyl (C=O) groups excluding carboxylic acids is 2. The quantitative estimate of drug-likeness (QED) is 0.601. The molecule has 0 bridgehead atoms. The first-order chi connectivity index (χ1) is 13.9. The minimum Gasteiger partial charge on any atom is -0.477 e. The van der Waals surface area contributed by atoms with E-state index < -0.39 is 17.2 Å². The number of fused-ring (bicyclic) bond motifs is 4. The van der Waals surface area contributed by atoms with Gasteiger partial charge >= 0.3 is 5.97 Å². The maximum absolute atomic E-state index is 13.4. The molecule has 0 fully saturated rings. The number of nitrogens with one attached hydrogen (secondary N) is 2. The van der Waals surface area contributed by atoms with Gasteiger partial charge in [-0.25, -0.2) is 9.18 Å². The van der Waals surface area contributed by atoms with Crippen molar-refractivity contribution < 1.29 is 23.9 Å². The highest BCUT2D eigenvalue weighted by Crippen LogP contribution is 2.56. The third-order valence-electron chi connectivity index (χ3n) is 5.34. The largest absolute Gasteiger partial charge is 0.477 e. The molecule has 0 saturated carbocycles. The Morgan fingerprint density at radius 1 is 1.07 bits per heavy atom. The van der Waals surface area contributed by atoms with Crippen molar-refractivity contribution in [2.45, 2.75) is 11.8 Å². The smallest absolute Gasteiger partial charge is 0.346 e. The van der Waals surface area contributed by atoms with Crippen LogP contribution in [0.4, 0.5) is 15.8 Å². The second-order valence-corrected chi connectivity index (χ2v) is 7.97. The summed E-state index contributed by atoms with van der Waals surface area (Å²) in [5.41, 5.74) is 0.979. The molecule has 2 aromatic carbocycles. The lowest BCUT2D eigenvalue weighted by atomic mass is 9.74. The molecule has 1 spiro atoms. The van der Waals surface area contributed by atoms with Gasteiger partial charge in [-0.3, -0.25) is 9.59 Å². The Balaban J connectivity index is 1.84. The van der Waals surface area contributed by atoms with Gasteiger partial charge in [-0.15, -0.1) is 11.3 Å². The summed E-state index contributed by atoms with van der Waals surface area (Å²) >= 11 is 0.966. The Labute approximate surface area is 168 Å². The number of hydrogen-bond donors (Lipinski definition) is 3. The minimum absolute atomic E-state index is 0.0136. The van der Waals surface area contributed by atoms with Gasteiger partial charge in [-0.1, -0.05) is 30.3 Å². The van der Waals surface area contributed by atoms with Gasteiger partial charge in [0.15, 0.2) is 0 Å². The van der Waals surface area contributed by atoms with Gasteiger partial charge in [0.25, 0.3) is 0 Å².